The zero-order valence-electron chi connectivity index (χ0n) is 15.0. The van der Waals surface area contributed by atoms with Gasteiger partial charge in [0.15, 0.2) is 6.10 Å². The van der Waals surface area contributed by atoms with E-state index in [0.717, 1.165) is 16.6 Å². The summed E-state index contributed by atoms with van der Waals surface area (Å²) in [6, 6.07) is 8.07. The number of rotatable bonds is 4. The molecule has 1 N–H and O–H groups in total. The number of nitrogens with zero attached hydrogens (tertiary/aromatic N) is 2. The van der Waals surface area contributed by atoms with Crippen LogP contribution >= 0.6 is 23.2 Å². The molecule has 29 heavy (non-hydrogen) atoms. The maximum Gasteiger partial charge on any atom is 0.271 e. The van der Waals surface area contributed by atoms with Gasteiger partial charge in [-0.25, -0.2) is 8.42 Å². The minimum Gasteiger partial charge on any atom is -0.478 e. The molecule has 0 saturated heterocycles. The molecular weight excluding hydrogens is 445 g/mol. The number of halogens is 2. The van der Waals surface area contributed by atoms with Crippen LogP contribution in [0.4, 0.5) is 17.1 Å². The highest BCUT2D eigenvalue weighted by Gasteiger charge is 2.31. The molecule has 3 rings (SSSR count). The summed E-state index contributed by atoms with van der Waals surface area (Å²) >= 11 is 12.0. The van der Waals surface area contributed by atoms with E-state index >= 15 is 0 Å². The lowest BCUT2D eigenvalue weighted by molar-refractivity contribution is -0.384. The minimum atomic E-state index is -3.64. The van der Waals surface area contributed by atoms with Gasteiger partial charge in [0.25, 0.3) is 11.6 Å². The van der Waals surface area contributed by atoms with Gasteiger partial charge in [-0.3, -0.25) is 19.2 Å². The second-order valence-corrected chi connectivity index (χ2v) is 9.00. The summed E-state index contributed by atoms with van der Waals surface area (Å²) in [6.45, 7) is -0.0209. The third-order valence-corrected chi connectivity index (χ3v) is 5.91. The molecule has 1 amide bonds. The fourth-order valence-electron chi connectivity index (χ4n) is 2.82. The van der Waals surface area contributed by atoms with Crippen molar-refractivity contribution in [2.75, 3.05) is 22.4 Å². The lowest BCUT2D eigenvalue weighted by atomic mass is 10.2. The molecule has 0 spiro atoms. The van der Waals surface area contributed by atoms with Crippen molar-refractivity contribution in [1.82, 2.24) is 0 Å². The Labute approximate surface area is 176 Å². The number of nitrogens with one attached hydrogen (secondary N) is 1. The van der Waals surface area contributed by atoms with Crippen molar-refractivity contribution in [3.05, 3.63) is 56.6 Å². The number of anilines is 2. The van der Waals surface area contributed by atoms with Gasteiger partial charge >= 0.3 is 0 Å². The van der Waals surface area contributed by atoms with E-state index in [9.17, 15) is 23.3 Å². The van der Waals surface area contributed by atoms with Crippen molar-refractivity contribution in [2.24, 2.45) is 0 Å². The Morgan fingerprint density at radius 2 is 2.00 bits per heavy atom. The molecule has 0 saturated carbocycles. The molecule has 0 radical (unpaired) electrons. The molecular formula is C17H15Cl2N3O6S. The quantitative estimate of drug-likeness (QED) is 0.552. The first kappa shape index (κ1) is 21.2. The molecule has 0 aliphatic carbocycles. The molecule has 9 nitrogen and oxygen atoms in total. The molecule has 1 aliphatic rings. The first-order valence-corrected chi connectivity index (χ1v) is 10.9. The molecule has 1 atom stereocenters. The van der Waals surface area contributed by atoms with Gasteiger partial charge in [-0.05, 0) is 24.3 Å². The topological polar surface area (TPSA) is 119 Å². The molecule has 1 heterocycles. The summed E-state index contributed by atoms with van der Waals surface area (Å²) in [4.78, 5) is 23.1. The molecule has 0 fully saturated rings. The normalized spacial score (nSPS) is 16.4. The van der Waals surface area contributed by atoms with Crippen LogP contribution in [0.5, 0.6) is 5.75 Å². The van der Waals surface area contributed by atoms with E-state index in [1.807, 2.05) is 0 Å². The van der Waals surface area contributed by atoms with Gasteiger partial charge in [0.05, 0.1) is 27.6 Å². The summed E-state index contributed by atoms with van der Waals surface area (Å²) in [6.07, 6.45) is 0.0237. The highest BCUT2D eigenvalue weighted by Crippen LogP contribution is 2.36. The van der Waals surface area contributed by atoms with Crippen LogP contribution in [0.3, 0.4) is 0 Å². The average Bonchev–Trinajstić information content (AvgIpc) is 2.82. The zero-order valence-corrected chi connectivity index (χ0v) is 17.3. The molecule has 2 aromatic carbocycles. The molecule has 12 heteroatoms. The number of ether oxygens (including phenoxy) is 1. The lowest BCUT2D eigenvalue weighted by Gasteiger charge is -2.21. The smallest absolute Gasteiger partial charge is 0.271 e. The number of hydrogen-bond acceptors (Lipinski definition) is 6. The highest BCUT2D eigenvalue weighted by molar-refractivity contribution is 7.92. The minimum absolute atomic E-state index is 0.0209. The Balaban J connectivity index is 1.89. The number of nitro benzene ring substituents is 1. The number of nitro groups is 1. The van der Waals surface area contributed by atoms with E-state index in [1.165, 1.54) is 30.3 Å². The van der Waals surface area contributed by atoms with Crippen LogP contribution in [0.15, 0.2) is 36.4 Å². The van der Waals surface area contributed by atoms with E-state index < -0.39 is 27.0 Å². The van der Waals surface area contributed by atoms with Crippen LogP contribution in [0.2, 0.25) is 10.0 Å². The van der Waals surface area contributed by atoms with Crippen LogP contribution in [0.25, 0.3) is 0 Å². The van der Waals surface area contributed by atoms with Gasteiger partial charge in [0.2, 0.25) is 10.0 Å². The Kier molecular flexibility index (Phi) is 5.87. The standard InChI is InChI=1S/C17H15Cl2N3O6S/c1-29(26,27)21-7-6-16(28-15-5-2-10(18)8-14(15)21)17(23)20-13-9-11(22(24)25)3-4-12(13)19/h2-5,8-9,16H,6-7H2,1H3,(H,20,23). The van der Waals surface area contributed by atoms with Crippen LogP contribution < -0.4 is 14.4 Å². The SMILES string of the molecule is CS(=O)(=O)N1CCC(C(=O)Nc2cc([N+](=O)[O-])ccc2Cl)Oc2ccc(Cl)cc21. The predicted octanol–water partition coefficient (Wildman–Crippen LogP) is 3.46. The average molecular weight is 460 g/mol. The first-order valence-electron chi connectivity index (χ1n) is 8.25. The van der Waals surface area contributed by atoms with Crippen molar-refractivity contribution in [2.45, 2.75) is 12.5 Å². The maximum atomic E-state index is 12.7. The zero-order chi connectivity index (χ0) is 21.3. The highest BCUT2D eigenvalue weighted by atomic mass is 35.5. The Hall–Kier alpha value is -2.56. The number of hydrogen-bond donors (Lipinski definition) is 1. The van der Waals surface area contributed by atoms with Gasteiger partial charge in [-0.2, -0.15) is 0 Å². The summed E-state index contributed by atoms with van der Waals surface area (Å²) < 4.78 is 31.2. The second-order valence-electron chi connectivity index (χ2n) is 6.25. The molecule has 1 unspecified atom stereocenters. The Bertz CT molecular complexity index is 1090. The molecule has 2 aromatic rings. The van der Waals surface area contributed by atoms with Gasteiger partial charge in [-0.1, -0.05) is 23.2 Å². The fraction of sp³-hybridized carbons (Fsp3) is 0.235. The van der Waals surface area contributed by atoms with Crippen LogP contribution in [0.1, 0.15) is 6.42 Å². The molecule has 1 aliphatic heterocycles. The third kappa shape index (κ3) is 4.72. The van der Waals surface area contributed by atoms with Crippen molar-refractivity contribution in [3.8, 4) is 5.75 Å². The number of carbonyl (C=O) groups excluding carboxylic acids is 1. The largest absolute Gasteiger partial charge is 0.478 e. The molecule has 154 valence electrons. The Morgan fingerprint density at radius 1 is 1.28 bits per heavy atom. The molecule has 0 aromatic heterocycles. The number of fused-ring (bicyclic) bond motifs is 1. The first-order chi connectivity index (χ1) is 13.6. The Morgan fingerprint density at radius 3 is 2.66 bits per heavy atom. The van der Waals surface area contributed by atoms with Crippen LogP contribution in [0, 0.1) is 10.1 Å². The molecule has 0 bridgehead atoms. The van der Waals surface area contributed by atoms with E-state index in [2.05, 4.69) is 5.32 Å². The van der Waals surface area contributed by atoms with Crippen molar-refractivity contribution in [3.63, 3.8) is 0 Å². The van der Waals surface area contributed by atoms with Gasteiger partial charge in [0.1, 0.15) is 5.75 Å². The number of carbonyl (C=O) groups is 1. The summed E-state index contributed by atoms with van der Waals surface area (Å²) in [5.74, 6) is -0.453. The summed E-state index contributed by atoms with van der Waals surface area (Å²) in [5, 5.41) is 13.9. The van der Waals surface area contributed by atoms with Crippen LogP contribution in [-0.4, -0.2) is 38.2 Å². The monoisotopic (exact) mass is 459 g/mol. The van der Waals surface area contributed by atoms with E-state index in [-0.39, 0.29) is 40.8 Å². The fourth-order valence-corrected chi connectivity index (χ4v) is 4.09. The number of benzene rings is 2. The van der Waals surface area contributed by atoms with Gasteiger partial charge < -0.3 is 10.1 Å². The van der Waals surface area contributed by atoms with E-state index in [0.29, 0.717) is 5.02 Å². The van der Waals surface area contributed by atoms with Crippen molar-refractivity contribution < 1.29 is 22.9 Å². The van der Waals surface area contributed by atoms with Crippen molar-refractivity contribution in [1.29, 1.82) is 0 Å². The predicted molar refractivity (Wildman–Crippen MR) is 109 cm³/mol. The second kappa shape index (κ2) is 8.05. The third-order valence-electron chi connectivity index (χ3n) is 4.16. The summed E-state index contributed by atoms with van der Waals surface area (Å²) in [7, 11) is -3.64. The van der Waals surface area contributed by atoms with Gasteiger partial charge in [-0.15, -0.1) is 0 Å². The van der Waals surface area contributed by atoms with Crippen molar-refractivity contribution >= 4 is 56.2 Å². The number of sulfonamides is 1. The van der Waals surface area contributed by atoms with E-state index in [1.54, 1.807) is 0 Å². The van der Waals surface area contributed by atoms with Crippen LogP contribution in [-0.2, 0) is 14.8 Å². The van der Waals surface area contributed by atoms with Gasteiger partial charge in [0, 0.05) is 30.1 Å². The number of amides is 1. The lowest BCUT2D eigenvalue weighted by Crippen LogP contribution is -2.36. The maximum absolute atomic E-state index is 12.7. The summed E-state index contributed by atoms with van der Waals surface area (Å²) in [5.41, 5.74) is 0.0356. The van der Waals surface area contributed by atoms with E-state index in [4.69, 9.17) is 27.9 Å². The number of non-ortho nitro benzene ring substituents is 1.